The monoisotopic (exact) mass is 268 g/mol. The molecule has 0 radical (unpaired) electrons. The average Bonchev–Trinajstić information content (AvgIpc) is 2.38. The summed E-state index contributed by atoms with van der Waals surface area (Å²) in [6.07, 6.45) is 1.60. The molecule has 2 aromatic rings. The number of pyridine rings is 1. The van der Waals surface area contributed by atoms with Gasteiger partial charge in [-0.3, -0.25) is 9.78 Å². The molecule has 0 amide bonds. The maximum atomic E-state index is 12.2. The summed E-state index contributed by atoms with van der Waals surface area (Å²) < 4.78 is 5.31. The highest BCUT2D eigenvalue weighted by Gasteiger charge is 2.27. The van der Waals surface area contributed by atoms with E-state index in [9.17, 15) is 10.1 Å². The summed E-state index contributed by atoms with van der Waals surface area (Å²) in [5, 5.41) is 10.1. The fourth-order valence-corrected chi connectivity index (χ4v) is 1.98. The lowest BCUT2D eigenvalue weighted by atomic mass is 9.96. The predicted octanol–water partition coefficient (Wildman–Crippen LogP) is 3.18. The molecule has 1 heterocycles. The van der Waals surface area contributed by atoms with Crippen molar-refractivity contribution in [3.8, 4) is 6.07 Å². The summed E-state index contributed by atoms with van der Waals surface area (Å²) in [5.74, 6) is -1.47. The Balaban J connectivity index is 2.46. The molecule has 20 heavy (non-hydrogen) atoms. The Bertz CT molecular complexity index is 675. The summed E-state index contributed by atoms with van der Waals surface area (Å²) in [4.78, 5) is 16.4. The highest BCUT2D eigenvalue weighted by molar-refractivity contribution is 5.90. The van der Waals surface area contributed by atoms with Crippen LogP contribution >= 0.6 is 0 Å². The van der Waals surface area contributed by atoms with Crippen LogP contribution in [0.4, 0.5) is 0 Å². The molecule has 0 spiro atoms. The number of aromatic nitrogens is 1. The molecular formula is C16H16N2O2. The normalized spacial score (nSPS) is 12.7. The van der Waals surface area contributed by atoms with Crippen molar-refractivity contribution in [2.45, 2.75) is 32.3 Å². The van der Waals surface area contributed by atoms with Crippen LogP contribution in [-0.2, 0) is 9.53 Å². The number of para-hydroxylation sites is 1. The molecule has 4 heteroatoms. The lowest BCUT2D eigenvalue weighted by Crippen LogP contribution is -2.27. The second-order valence-corrected chi connectivity index (χ2v) is 5.51. The molecule has 2 rings (SSSR count). The maximum Gasteiger partial charge on any atom is 0.328 e. The fourth-order valence-electron chi connectivity index (χ4n) is 1.98. The SMILES string of the molecule is CC(C)(C)OC(=O)C(C#N)c1ccnc2ccccc12. The van der Waals surface area contributed by atoms with Crippen molar-refractivity contribution in [3.63, 3.8) is 0 Å². The molecule has 0 aliphatic heterocycles. The van der Waals surface area contributed by atoms with Crippen molar-refractivity contribution in [1.29, 1.82) is 5.26 Å². The van der Waals surface area contributed by atoms with Gasteiger partial charge in [0.2, 0.25) is 0 Å². The van der Waals surface area contributed by atoms with Gasteiger partial charge in [0.25, 0.3) is 0 Å². The van der Waals surface area contributed by atoms with E-state index in [1.165, 1.54) is 0 Å². The largest absolute Gasteiger partial charge is 0.459 e. The van der Waals surface area contributed by atoms with Crippen molar-refractivity contribution in [3.05, 3.63) is 42.1 Å². The van der Waals surface area contributed by atoms with Gasteiger partial charge in [0.15, 0.2) is 5.92 Å². The lowest BCUT2D eigenvalue weighted by molar-refractivity contribution is -0.155. The van der Waals surface area contributed by atoms with Gasteiger partial charge in [0, 0.05) is 11.6 Å². The molecule has 0 aliphatic rings. The molecule has 0 aliphatic carbocycles. The quantitative estimate of drug-likeness (QED) is 0.785. The molecule has 1 atom stereocenters. The standard InChI is InChI=1S/C16H16N2O2/c1-16(2,3)20-15(19)13(10-17)11-8-9-18-14-7-5-4-6-12(11)14/h4-9,13H,1-3H3. The van der Waals surface area contributed by atoms with Crippen LogP contribution < -0.4 is 0 Å². The summed E-state index contributed by atoms with van der Waals surface area (Å²) in [6, 6.07) is 11.2. The highest BCUT2D eigenvalue weighted by atomic mass is 16.6. The third kappa shape index (κ3) is 2.94. The summed E-state index contributed by atoms with van der Waals surface area (Å²) >= 11 is 0. The van der Waals surface area contributed by atoms with E-state index in [1.54, 1.807) is 33.0 Å². The molecule has 0 fully saturated rings. The minimum Gasteiger partial charge on any atom is -0.459 e. The van der Waals surface area contributed by atoms with Gasteiger partial charge in [-0.1, -0.05) is 18.2 Å². The zero-order valence-corrected chi connectivity index (χ0v) is 11.8. The summed E-state index contributed by atoms with van der Waals surface area (Å²) in [6.45, 7) is 5.35. The van der Waals surface area contributed by atoms with Crippen molar-refractivity contribution < 1.29 is 9.53 Å². The van der Waals surface area contributed by atoms with E-state index in [0.29, 0.717) is 5.56 Å². The minimum atomic E-state index is -0.942. The van der Waals surface area contributed by atoms with E-state index < -0.39 is 17.5 Å². The molecule has 0 saturated heterocycles. The van der Waals surface area contributed by atoms with Gasteiger partial charge in [-0.25, -0.2) is 0 Å². The molecule has 102 valence electrons. The summed E-state index contributed by atoms with van der Waals surface area (Å²) in [7, 11) is 0. The fraction of sp³-hybridized carbons (Fsp3) is 0.312. The van der Waals surface area contributed by atoms with Crippen molar-refractivity contribution in [2.75, 3.05) is 0 Å². The maximum absolute atomic E-state index is 12.2. The Morgan fingerprint density at radius 1 is 1.30 bits per heavy atom. The van der Waals surface area contributed by atoms with Crippen LogP contribution in [0.1, 0.15) is 32.3 Å². The third-order valence-corrected chi connectivity index (χ3v) is 2.77. The van der Waals surface area contributed by atoms with Crippen molar-refractivity contribution in [1.82, 2.24) is 4.98 Å². The molecule has 0 bridgehead atoms. The van der Waals surface area contributed by atoms with Crippen LogP contribution in [0.15, 0.2) is 36.5 Å². The van der Waals surface area contributed by atoms with Gasteiger partial charge in [-0.2, -0.15) is 5.26 Å². The van der Waals surface area contributed by atoms with E-state index >= 15 is 0 Å². The van der Waals surface area contributed by atoms with Crippen molar-refractivity contribution in [2.24, 2.45) is 0 Å². The van der Waals surface area contributed by atoms with E-state index in [-0.39, 0.29) is 0 Å². The molecule has 0 saturated carbocycles. The predicted molar refractivity (Wildman–Crippen MR) is 75.9 cm³/mol. The van der Waals surface area contributed by atoms with E-state index in [1.807, 2.05) is 30.3 Å². The number of carbonyl (C=O) groups is 1. The Labute approximate surface area is 118 Å². The number of nitrogens with zero attached hydrogens (tertiary/aromatic N) is 2. The van der Waals surface area contributed by atoms with E-state index in [4.69, 9.17) is 4.74 Å². The van der Waals surface area contributed by atoms with Crippen LogP contribution in [0, 0.1) is 11.3 Å². The zero-order valence-electron chi connectivity index (χ0n) is 11.8. The number of rotatable bonds is 2. The Hall–Kier alpha value is -2.41. The van der Waals surface area contributed by atoms with Crippen LogP contribution in [-0.4, -0.2) is 16.6 Å². The van der Waals surface area contributed by atoms with Crippen LogP contribution in [0.25, 0.3) is 10.9 Å². The van der Waals surface area contributed by atoms with Gasteiger partial charge < -0.3 is 4.74 Å². The first kappa shape index (κ1) is 14.0. The Morgan fingerprint density at radius 3 is 2.65 bits per heavy atom. The molecule has 0 N–H and O–H groups in total. The lowest BCUT2D eigenvalue weighted by Gasteiger charge is -2.21. The van der Waals surface area contributed by atoms with Gasteiger partial charge in [0.05, 0.1) is 11.6 Å². The number of esters is 1. The van der Waals surface area contributed by atoms with Crippen LogP contribution in [0.5, 0.6) is 0 Å². The first-order chi connectivity index (χ1) is 9.42. The van der Waals surface area contributed by atoms with E-state index in [0.717, 1.165) is 10.9 Å². The summed E-state index contributed by atoms with van der Waals surface area (Å²) in [5.41, 5.74) is 0.774. The molecule has 1 unspecified atom stereocenters. The molecule has 1 aromatic carbocycles. The molecule has 1 aromatic heterocycles. The Morgan fingerprint density at radius 2 is 2.00 bits per heavy atom. The number of hydrogen-bond acceptors (Lipinski definition) is 4. The minimum absolute atomic E-state index is 0.531. The number of carbonyl (C=O) groups excluding carboxylic acids is 1. The van der Waals surface area contributed by atoms with Gasteiger partial charge >= 0.3 is 5.97 Å². The average molecular weight is 268 g/mol. The van der Waals surface area contributed by atoms with Crippen LogP contribution in [0.2, 0.25) is 0 Å². The number of fused-ring (bicyclic) bond motifs is 1. The van der Waals surface area contributed by atoms with Crippen LogP contribution in [0.3, 0.4) is 0 Å². The Kier molecular flexibility index (Phi) is 3.71. The number of nitriles is 1. The van der Waals surface area contributed by atoms with Crippen molar-refractivity contribution >= 4 is 16.9 Å². The topological polar surface area (TPSA) is 63.0 Å². The highest BCUT2D eigenvalue weighted by Crippen LogP contribution is 2.26. The molecular weight excluding hydrogens is 252 g/mol. The van der Waals surface area contributed by atoms with Gasteiger partial charge in [-0.05, 0) is 38.5 Å². The second-order valence-electron chi connectivity index (χ2n) is 5.51. The zero-order chi connectivity index (χ0) is 14.8. The second kappa shape index (κ2) is 5.30. The smallest absolute Gasteiger partial charge is 0.328 e. The third-order valence-electron chi connectivity index (χ3n) is 2.77. The first-order valence-corrected chi connectivity index (χ1v) is 6.38. The number of ether oxygens (including phenoxy) is 1. The van der Waals surface area contributed by atoms with E-state index in [2.05, 4.69) is 4.98 Å². The van der Waals surface area contributed by atoms with Gasteiger partial charge in [0.1, 0.15) is 5.60 Å². The first-order valence-electron chi connectivity index (χ1n) is 6.38. The van der Waals surface area contributed by atoms with Gasteiger partial charge in [-0.15, -0.1) is 0 Å². The number of benzene rings is 1. The molecule has 4 nitrogen and oxygen atoms in total. The number of hydrogen-bond donors (Lipinski definition) is 0.